The van der Waals surface area contributed by atoms with Crippen molar-refractivity contribution in [2.24, 2.45) is 5.92 Å². The van der Waals surface area contributed by atoms with Crippen LogP contribution in [0, 0.1) is 5.92 Å². The van der Waals surface area contributed by atoms with Crippen molar-refractivity contribution in [2.75, 3.05) is 13.9 Å². The van der Waals surface area contributed by atoms with Gasteiger partial charge >= 0.3 is 0 Å². The number of hydrogen-bond donors (Lipinski definition) is 0. The summed E-state index contributed by atoms with van der Waals surface area (Å²) in [7, 11) is 1.57. The van der Waals surface area contributed by atoms with E-state index in [-0.39, 0.29) is 18.5 Å². The summed E-state index contributed by atoms with van der Waals surface area (Å²) in [6.07, 6.45) is 8.89. The van der Waals surface area contributed by atoms with Crippen LogP contribution in [-0.2, 0) is 14.3 Å². The smallest absolute Gasteiger partial charge is 0.168 e. The molecule has 0 saturated heterocycles. The molecule has 0 radical (unpaired) electrons. The summed E-state index contributed by atoms with van der Waals surface area (Å²) in [5, 5.41) is 0. The number of allylic oxidation sites excluding steroid dienone is 1. The molecule has 0 N–H and O–H groups in total. The van der Waals surface area contributed by atoms with Crippen LogP contribution in [0.4, 0.5) is 0 Å². The molecular weight excluding hydrogens is 204 g/mol. The van der Waals surface area contributed by atoms with Crippen LogP contribution in [0.5, 0.6) is 0 Å². The summed E-state index contributed by atoms with van der Waals surface area (Å²) >= 11 is 0. The molecule has 0 aromatic heterocycles. The van der Waals surface area contributed by atoms with Gasteiger partial charge in [0.15, 0.2) is 5.78 Å². The van der Waals surface area contributed by atoms with Crippen LogP contribution in [0.15, 0.2) is 12.2 Å². The van der Waals surface area contributed by atoms with E-state index in [0.29, 0.717) is 0 Å². The van der Waals surface area contributed by atoms with Gasteiger partial charge in [0.1, 0.15) is 12.9 Å². The van der Waals surface area contributed by atoms with E-state index in [0.717, 1.165) is 12.8 Å². The summed E-state index contributed by atoms with van der Waals surface area (Å²) in [5.41, 5.74) is 0. The van der Waals surface area contributed by atoms with E-state index in [9.17, 15) is 4.79 Å². The molecule has 1 atom stereocenters. The third-order valence-corrected chi connectivity index (χ3v) is 3.02. The normalized spacial score (nSPS) is 20.1. The lowest BCUT2D eigenvalue weighted by Gasteiger charge is -2.23. The molecule has 3 heteroatoms. The number of Topliss-reactive ketones (excluding diaryl/α,β-unsaturated/α-hetero) is 1. The molecule has 0 aromatic carbocycles. The number of carbonyl (C=O) groups excluding carboxylic acids is 1. The largest absolute Gasteiger partial charge is 0.359 e. The number of carbonyl (C=O) groups is 1. The Bertz CT molecular complexity index is 229. The Balaban J connectivity index is 2.50. The van der Waals surface area contributed by atoms with Crippen molar-refractivity contribution in [1.29, 1.82) is 0 Å². The molecule has 1 saturated carbocycles. The predicted octanol–water partition coefficient (Wildman–Crippen LogP) is 2.70. The highest BCUT2D eigenvalue weighted by atomic mass is 16.7. The highest BCUT2D eigenvalue weighted by Gasteiger charge is 2.26. The molecule has 0 spiro atoms. The van der Waals surface area contributed by atoms with E-state index < -0.39 is 6.10 Å². The van der Waals surface area contributed by atoms with Crippen molar-refractivity contribution in [3.8, 4) is 0 Å². The Labute approximate surface area is 97.8 Å². The zero-order valence-electron chi connectivity index (χ0n) is 10.3. The average Bonchev–Trinajstić information content (AvgIpc) is 2.35. The van der Waals surface area contributed by atoms with Gasteiger partial charge in [0.2, 0.25) is 0 Å². The van der Waals surface area contributed by atoms with Crippen LogP contribution in [0.1, 0.15) is 39.0 Å². The molecular formula is C13H22O3. The number of hydrogen-bond acceptors (Lipinski definition) is 3. The fraction of sp³-hybridized carbons (Fsp3) is 0.769. The van der Waals surface area contributed by atoms with Gasteiger partial charge in [0.25, 0.3) is 0 Å². The third kappa shape index (κ3) is 4.06. The SMILES string of the molecule is C/C=C/[C@@H](OCOC)C(=O)C1CCCCC1. The van der Waals surface area contributed by atoms with Crippen molar-refractivity contribution in [3.05, 3.63) is 12.2 Å². The van der Waals surface area contributed by atoms with Crippen molar-refractivity contribution >= 4 is 5.78 Å². The maximum atomic E-state index is 12.2. The van der Waals surface area contributed by atoms with E-state index >= 15 is 0 Å². The Kier molecular flexibility index (Phi) is 6.34. The lowest BCUT2D eigenvalue weighted by molar-refractivity contribution is -0.139. The van der Waals surface area contributed by atoms with Gasteiger partial charge < -0.3 is 9.47 Å². The first-order valence-corrected chi connectivity index (χ1v) is 6.06. The summed E-state index contributed by atoms with van der Waals surface area (Å²) in [6, 6.07) is 0. The number of ether oxygens (including phenoxy) is 2. The van der Waals surface area contributed by atoms with Crippen molar-refractivity contribution in [1.82, 2.24) is 0 Å². The van der Waals surface area contributed by atoms with Crippen LogP contribution in [0.25, 0.3) is 0 Å². The Morgan fingerprint density at radius 1 is 1.38 bits per heavy atom. The van der Waals surface area contributed by atoms with Gasteiger partial charge in [-0.25, -0.2) is 0 Å². The fourth-order valence-corrected chi connectivity index (χ4v) is 2.17. The van der Waals surface area contributed by atoms with E-state index in [1.54, 1.807) is 7.11 Å². The Morgan fingerprint density at radius 2 is 2.06 bits per heavy atom. The van der Waals surface area contributed by atoms with E-state index in [1.807, 2.05) is 19.1 Å². The molecule has 0 aromatic rings. The molecule has 16 heavy (non-hydrogen) atoms. The van der Waals surface area contributed by atoms with Crippen LogP contribution >= 0.6 is 0 Å². The first kappa shape index (κ1) is 13.4. The van der Waals surface area contributed by atoms with Crippen LogP contribution in [0.3, 0.4) is 0 Å². The lowest BCUT2D eigenvalue weighted by Crippen LogP contribution is -2.31. The maximum Gasteiger partial charge on any atom is 0.168 e. The minimum atomic E-state index is -0.423. The van der Waals surface area contributed by atoms with Crippen LogP contribution in [0.2, 0.25) is 0 Å². The molecule has 1 rings (SSSR count). The molecule has 0 unspecified atom stereocenters. The maximum absolute atomic E-state index is 12.2. The second-order valence-corrected chi connectivity index (χ2v) is 4.26. The zero-order chi connectivity index (χ0) is 11.8. The Hall–Kier alpha value is -0.670. The second kappa shape index (κ2) is 7.58. The standard InChI is InChI=1S/C13H22O3/c1-3-7-12(16-10-15-2)13(14)11-8-5-4-6-9-11/h3,7,11-12H,4-6,8-10H2,1-2H3/b7-3+/t12-/m1/s1. The van der Waals surface area contributed by atoms with Crippen molar-refractivity contribution in [2.45, 2.75) is 45.1 Å². The fourth-order valence-electron chi connectivity index (χ4n) is 2.17. The average molecular weight is 226 g/mol. The summed E-state index contributed by atoms with van der Waals surface area (Å²) in [5.74, 6) is 0.404. The van der Waals surface area contributed by atoms with Gasteiger partial charge in [-0.2, -0.15) is 0 Å². The van der Waals surface area contributed by atoms with E-state index in [2.05, 4.69) is 0 Å². The number of methoxy groups -OCH3 is 1. The van der Waals surface area contributed by atoms with E-state index in [1.165, 1.54) is 19.3 Å². The monoisotopic (exact) mass is 226 g/mol. The van der Waals surface area contributed by atoms with Gasteiger partial charge in [0.05, 0.1) is 0 Å². The zero-order valence-corrected chi connectivity index (χ0v) is 10.3. The van der Waals surface area contributed by atoms with Crippen molar-refractivity contribution in [3.63, 3.8) is 0 Å². The summed E-state index contributed by atoms with van der Waals surface area (Å²) < 4.78 is 10.2. The van der Waals surface area contributed by atoms with E-state index in [4.69, 9.17) is 9.47 Å². The molecule has 1 aliphatic rings. The third-order valence-electron chi connectivity index (χ3n) is 3.02. The topological polar surface area (TPSA) is 35.5 Å². The molecule has 1 fully saturated rings. The Morgan fingerprint density at radius 3 is 2.62 bits per heavy atom. The van der Waals surface area contributed by atoms with Gasteiger partial charge in [-0.3, -0.25) is 4.79 Å². The predicted molar refractivity (Wildman–Crippen MR) is 63.1 cm³/mol. The highest BCUT2D eigenvalue weighted by Crippen LogP contribution is 2.26. The molecule has 1 aliphatic carbocycles. The number of rotatable bonds is 6. The molecule has 0 bridgehead atoms. The number of ketones is 1. The van der Waals surface area contributed by atoms with Crippen molar-refractivity contribution < 1.29 is 14.3 Å². The first-order chi connectivity index (χ1) is 7.79. The van der Waals surface area contributed by atoms with Gasteiger partial charge in [-0.05, 0) is 19.8 Å². The first-order valence-electron chi connectivity index (χ1n) is 6.06. The minimum absolute atomic E-state index is 0.174. The quantitative estimate of drug-likeness (QED) is 0.516. The van der Waals surface area contributed by atoms with Gasteiger partial charge in [-0.15, -0.1) is 0 Å². The van der Waals surface area contributed by atoms with Crippen LogP contribution < -0.4 is 0 Å². The molecule has 92 valence electrons. The molecule has 3 nitrogen and oxygen atoms in total. The molecule has 0 heterocycles. The van der Waals surface area contributed by atoms with Gasteiger partial charge in [-0.1, -0.05) is 31.4 Å². The summed E-state index contributed by atoms with van der Waals surface area (Å²) in [4.78, 5) is 12.2. The van der Waals surface area contributed by atoms with Crippen LogP contribution in [-0.4, -0.2) is 25.8 Å². The molecule has 0 amide bonds. The van der Waals surface area contributed by atoms with Gasteiger partial charge in [0, 0.05) is 13.0 Å². The summed E-state index contributed by atoms with van der Waals surface area (Å²) in [6.45, 7) is 2.07. The highest BCUT2D eigenvalue weighted by molar-refractivity contribution is 5.87. The lowest BCUT2D eigenvalue weighted by atomic mass is 9.84. The minimum Gasteiger partial charge on any atom is -0.359 e. The second-order valence-electron chi connectivity index (χ2n) is 4.26. The molecule has 0 aliphatic heterocycles.